The van der Waals surface area contributed by atoms with Crippen LogP contribution in [0.15, 0.2) is 29.9 Å². The Morgan fingerprint density at radius 2 is 2.13 bits per heavy atom. The molecule has 0 unspecified atom stereocenters. The molecule has 0 saturated carbocycles. The van der Waals surface area contributed by atoms with Crippen LogP contribution in [-0.4, -0.2) is 27.0 Å². The van der Waals surface area contributed by atoms with E-state index in [0.717, 1.165) is 22.6 Å². The molecular weight excluding hydrogens is 355 g/mol. The van der Waals surface area contributed by atoms with Gasteiger partial charge in [0.1, 0.15) is 6.33 Å². The van der Waals surface area contributed by atoms with Crippen LogP contribution in [0.2, 0.25) is 10.0 Å². The first kappa shape index (κ1) is 16.2. The Labute approximate surface area is 147 Å². The zero-order chi connectivity index (χ0) is 16.2. The zero-order valence-corrected chi connectivity index (χ0v) is 14.5. The minimum atomic E-state index is 0.0149. The van der Waals surface area contributed by atoms with E-state index in [-0.39, 0.29) is 5.91 Å². The monoisotopic (exact) mass is 368 g/mol. The largest absolute Gasteiger partial charge is 0.356 e. The molecule has 0 aliphatic rings. The van der Waals surface area contributed by atoms with Crippen LogP contribution in [0.5, 0.6) is 0 Å². The Kier molecular flexibility index (Phi) is 5.15. The predicted octanol–water partition coefficient (Wildman–Crippen LogP) is 3.39. The number of rotatable bonds is 6. The summed E-state index contributed by atoms with van der Waals surface area (Å²) in [7, 11) is 0. The lowest BCUT2D eigenvalue weighted by Crippen LogP contribution is -2.26. The summed E-state index contributed by atoms with van der Waals surface area (Å²) in [5.41, 5.74) is 2.05. The molecule has 2 heterocycles. The lowest BCUT2D eigenvalue weighted by molar-refractivity contribution is -0.121. The van der Waals surface area contributed by atoms with E-state index in [0.29, 0.717) is 29.4 Å². The molecule has 23 heavy (non-hydrogen) atoms. The molecule has 0 bridgehead atoms. The van der Waals surface area contributed by atoms with E-state index in [1.807, 2.05) is 11.4 Å². The highest BCUT2D eigenvalue weighted by Gasteiger charge is 2.07. The number of fused-ring (bicyclic) bond motifs is 1. The minimum Gasteiger partial charge on any atom is -0.356 e. The normalized spacial score (nSPS) is 11.0. The molecule has 5 nitrogen and oxygen atoms in total. The number of aromatic nitrogens is 3. The van der Waals surface area contributed by atoms with Crippen molar-refractivity contribution in [3.05, 3.63) is 51.2 Å². The summed E-state index contributed by atoms with van der Waals surface area (Å²) in [5, 5.41) is 10.1. The fourth-order valence-electron chi connectivity index (χ4n) is 2.22. The zero-order valence-electron chi connectivity index (χ0n) is 12.1. The van der Waals surface area contributed by atoms with E-state index in [9.17, 15) is 4.79 Å². The topological polar surface area (TPSA) is 59.3 Å². The fourth-order valence-corrected chi connectivity index (χ4v) is 3.37. The van der Waals surface area contributed by atoms with Crippen LogP contribution in [0.25, 0.3) is 4.96 Å². The molecule has 2 aromatic heterocycles. The van der Waals surface area contributed by atoms with Crippen molar-refractivity contribution >= 4 is 45.4 Å². The Bertz CT molecular complexity index is 830. The van der Waals surface area contributed by atoms with Crippen molar-refractivity contribution in [1.82, 2.24) is 19.9 Å². The van der Waals surface area contributed by atoms with Gasteiger partial charge in [-0.1, -0.05) is 29.3 Å². The quantitative estimate of drug-likeness (QED) is 0.725. The molecule has 1 N–H and O–H groups in total. The van der Waals surface area contributed by atoms with Crippen LogP contribution in [0.4, 0.5) is 0 Å². The van der Waals surface area contributed by atoms with Gasteiger partial charge in [-0.05, 0) is 24.1 Å². The highest BCUT2D eigenvalue weighted by Crippen LogP contribution is 2.23. The summed E-state index contributed by atoms with van der Waals surface area (Å²) in [6.07, 6.45) is 3.31. The second-order valence-corrected chi connectivity index (χ2v) is 6.68. The highest BCUT2D eigenvalue weighted by molar-refractivity contribution is 7.15. The fraction of sp³-hybridized carbons (Fsp3) is 0.267. The predicted molar refractivity (Wildman–Crippen MR) is 92.4 cm³/mol. The van der Waals surface area contributed by atoms with Crippen molar-refractivity contribution in [3.8, 4) is 0 Å². The van der Waals surface area contributed by atoms with Crippen LogP contribution >= 0.6 is 34.5 Å². The van der Waals surface area contributed by atoms with Crippen LogP contribution in [0, 0.1) is 0 Å². The van der Waals surface area contributed by atoms with E-state index < -0.39 is 0 Å². The summed E-state index contributed by atoms with van der Waals surface area (Å²) in [6.45, 7) is 0.575. The van der Waals surface area contributed by atoms with E-state index in [4.69, 9.17) is 23.2 Å². The number of hydrogen-bond acceptors (Lipinski definition) is 4. The Balaban J connectivity index is 1.44. The maximum absolute atomic E-state index is 11.9. The van der Waals surface area contributed by atoms with Gasteiger partial charge in [-0.3, -0.25) is 4.79 Å². The second kappa shape index (κ2) is 7.29. The van der Waals surface area contributed by atoms with Crippen molar-refractivity contribution < 1.29 is 4.79 Å². The van der Waals surface area contributed by atoms with Crippen LogP contribution in [0.1, 0.15) is 17.7 Å². The van der Waals surface area contributed by atoms with E-state index in [1.165, 1.54) is 6.33 Å². The van der Waals surface area contributed by atoms with Gasteiger partial charge in [0.15, 0.2) is 0 Å². The Morgan fingerprint density at radius 1 is 1.26 bits per heavy atom. The lowest BCUT2D eigenvalue weighted by Gasteiger charge is -2.06. The van der Waals surface area contributed by atoms with E-state index in [2.05, 4.69) is 15.4 Å². The third-order valence-electron chi connectivity index (χ3n) is 3.42. The van der Waals surface area contributed by atoms with E-state index >= 15 is 0 Å². The number of benzene rings is 1. The third kappa shape index (κ3) is 4.02. The SMILES string of the molecule is O=C(CCc1ccc(Cl)c(Cl)c1)NCCc1csc2ncnn12. The standard InChI is InChI=1S/C15H14Cl2N4OS/c16-12-3-1-10(7-13(12)17)2-4-14(22)18-6-5-11-8-23-15-19-9-20-21(11)15/h1,3,7-9H,2,4-6H2,(H,18,22). The van der Waals surface area contributed by atoms with Gasteiger partial charge in [-0.25, -0.2) is 9.50 Å². The number of amides is 1. The van der Waals surface area contributed by atoms with Gasteiger partial charge in [-0.2, -0.15) is 5.10 Å². The third-order valence-corrected chi connectivity index (χ3v) is 5.04. The Morgan fingerprint density at radius 3 is 2.96 bits per heavy atom. The van der Waals surface area contributed by atoms with Gasteiger partial charge in [0.25, 0.3) is 0 Å². The van der Waals surface area contributed by atoms with Crippen molar-refractivity contribution in [3.63, 3.8) is 0 Å². The number of aryl methyl sites for hydroxylation is 1. The second-order valence-electron chi connectivity index (χ2n) is 5.03. The molecule has 0 spiro atoms. The summed E-state index contributed by atoms with van der Waals surface area (Å²) in [4.78, 5) is 16.9. The summed E-state index contributed by atoms with van der Waals surface area (Å²) < 4.78 is 1.80. The highest BCUT2D eigenvalue weighted by atomic mass is 35.5. The Hall–Kier alpha value is -1.63. The number of nitrogens with one attached hydrogen (secondary N) is 1. The number of nitrogens with zero attached hydrogens (tertiary/aromatic N) is 3. The molecule has 0 atom stereocenters. The number of carbonyl (C=O) groups excluding carboxylic acids is 1. The molecule has 1 aromatic carbocycles. The first-order valence-corrected chi connectivity index (χ1v) is 8.74. The average Bonchev–Trinajstić information content (AvgIpc) is 3.13. The van der Waals surface area contributed by atoms with Gasteiger partial charge in [0.05, 0.1) is 15.7 Å². The molecule has 0 radical (unpaired) electrons. The molecular formula is C15H14Cl2N4OS. The molecule has 0 aliphatic carbocycles. The van der Waals surface area contributed by atoms with Gasteiger partial charge < -0.3 is 5.32 Å². The van der Waals surface area contributed by atoms with Gasteiger partial charge in [-0.15, -0.1) is 11.3 Å². The molecule has 0 saturated heterocycles. The van der Waals surface area contributed by atoms with Crippen LogP contribution < -0.4 is 5.32 Å². The molecule has 3 aromatic rings. The number of hydrogen-bond donors (Lipinski definition) is 1. The van der Waals surface area contributed by atoms with Crippen LogP contribution in [0.3, 0.4) is 0 Å². The molecule has 3 rings (SSSR count). The summed E-state index contributed by atoms with van der Waals surface area (Å²) >= 11 is 13.4. The summed E-state index contributed by atoms with van der Waals surface area (Å²) in [5.74, 6) is 0.0149. The maximum Gasteiger partial charge on any atom is 0.220 e. The van der Waals surface area contributed by atoms with Gasteiger partial charge >= 0.3 is 0 Å². The van der Waals surface area contributed by atoms with Crippen molar-refractivity contribution in [2.45, 2.75) is 19.3 Å². The van der Waals surface area contributed by atoms with Gasteiger partial charge in [0.2, 0.25) is 10.9 Å². The van der Waals surface area contributed by atoms with Gasteiger partial charge in [0, 0.05) is 24.8 Å². The molecule has 8 heteroatoms. The number of halogens is 2. The van der Waals surface area contributed by atoms with Crippen molar-refractivity contribution in [2.75, 3.05) is 6.54 Å². The van der Waals surface area contributed by atoms with Crippen molar-refractivity contribution in [2.24, 2.45) is 0 Å². The summed E-state index contributed by atoms with van der Waals surface area (Å²) in [6, 6.07) is 5.43. The van der Waals surface area contributed by atoms with E-state index in [1.54, 1.807) is 28.0 Å². The first-order chi connectivity index (χ1) is 11.1. The molecule has 0 aliphatic heterocycles. The molecule has 0 fully saturated rings. The first-order valence-electron chi connectivity index (χ1n) is 7.10. The number of carbonyl (C=O) groups is 1. The molecule has 1 amide bonds. The van der Waals surface area contributed by atoms with Crippen LogP contribution in [-0.2, 0) is 17.6 Å². The maximum atomic E-state index is 11.9. The average molecular weight is 369 g/mol. The smallest absolute Gasteiger partial charge is 0.220 e. The minimum absolute atomic E-state index is 0.0149. The lowest BCUT2D eigenvalue weighted by atomic mass is 10.1. The molecule has 120 valence electrons. The number of thiazole rings is 1. The van der Waals surface area contributed by atoms with Crippen molar-refractivity contribution in [1.29, 1.82) is 0 Å².